The van der Waals surface area contributed by atoms with E-state index in [2.05, 4.69) is 46.3 Å². The van der Waals surface area contributed by atoms with E-state index in [0.29, 0.717) is 18.7 Å². The Kier molecular flexibility index (Phi) is 8.74. The van der Waals surface area contributed by atoms with Crippen LogP contribution in [0.1, 0.15) is 41.7 Å². The van der Waals surface area contributed by atoms with Gasteiger partial charge in [0.25, 0.3) is 5.91 Å². The lowest BCUT2D eigenvalue weighted by atomic mass is 10.0. The number of ether oxygens (including phenoxy) is 2. The van der Waals surface area contributed by atoms with Gasteiger partial charge in [-0.15, -0.1) is 0 Å². The predicted octanol–water partition coefficient (Wildman–Crippen LogP) is 3.73. The first-order chi connectivity index (χ1) is 15.1. The minimum absolute atomic E-state index is 0.0664. The molecule has 1 N–H and O–H groups in total. The minimum Gasteiger partial charge on any atom is -0.494 e. The Morgan fingerprint density at radius 2 is 1.77 bits per heavy atom. The van der Waals surface area contributed by atoms with Crippen molar-refractivity contribution in [2.24, 2.45) is 0 Å². The highest BCUT2D eigenvalue weighted by atomic mass is 16.5. The molecule has 0 saturated carbocycles. The summed E-state index contributed by atoms with van der Waals surface area (Å²) in [5.41, 5.74) is 3.01. The van der Waals surface area contributed by atoms with Crippen molar-refractivity contribution in [2.75, 3.05) is 58.5 Å². The molecule has 1 amide bonds. The Labute approximate surface area is 186 Å². The number of hydrogen-bond donors (Lipinski definition) is 1. The molecule has 168 valence electrons. The topological polar surface area (TPSA) is 54.0 Å². The van der Waals surface area contributed by atoms with Crippen LogP contribution in [0.5, 0.6) is 5.75 Å². The molecule has 0 radical (unpaired) electrons. The molecule has 6 nitrogen and oxygen atoms in total. The van der Waals surface area contributed by atoms with E-state index >= 15 is 0 Å². The van der Waals surface area contributed by atoms with E-state index in [-0.39, 0.29) is 11.9 Å². The molecule has 1 heterocycles. The molecule has 0 aliphatic carbocycles. The first-order valence-corrected chi connectivity index (χ1v) is 11.2. The molecule has 2 aromatic rings. The van der Waals surface area contributed by atoms with Crippen LogP contribution >= 0.6 is 0 Å². The number of anilines is 1. The van der Waals surface area contributed by atoms with E-state index in [1.165, 1.54) is 5.56 Å². The van der Waals surface area contributed by atoms with Crippen molar-refractivity contribution in [3.8, 4) is 5.75 Å². The van der Waals surface area contributed by atoms with Crippen molar-refractivity contribution < 1.29 is 14.3 Å². The van der Waals surface area contributed by atoms with Gasteiger partial charge in [0.05, 0.1) is 25.9 Å². The van der Waals surface area contributed by atoms with E-state index in [0.717, 1.165) is 50.6 Å². The first-order valence-electron chi connectivity index (χ1n) is 11.2. The number of rotatable bonds is 10. The molecule has 0 unspecified atom stereocenters. The van der Waals surface area contributed by atoms with Crippen molar-refractivity contribution in [1.82, 2.24) is 10.2 Å². The molecular weight excluding hydrogens is 390 g/mol. The number of amides is 1. The summed E-state index contributed by atoms with van der Waals surface area (Å²) in [5, 5.41) is 3.13. The van der Waals surface area contributed by atoms with E-state index in [4.69, 9.17) is 9.47 Å². The molecule has 6 heteroatoms. The van der Waals surface area contributed by atoms with Gasteiger partial charge in [-0.25, -0.2) is 0 Å². The summed E-state index contributed by atoms with van der Waals surface area (Å²) in [4.78, 5) is 17.3. The van der Waals surface area contributed by atoms with Crippen LogP contribution < -0.4 is 15.0 Å². The summed E-state index contributed by atoms with van der Waals surface area (Å²) < 4.78 is 11.2. The van der Waals surface area contributed by atoms with Crippen molar-refractivity contribution in [1.29, 1.82) is 0 Å². The van der Waals surface area contributed by atoms with Crippen LogP contribution in [0.25, 0.3) is 0 Å². The summed E-state index contributed by atoms with van der Waals surface area (Å²) in [6.45, 7) is 6.56. The second kappa shape index (κ2) is 11.7. The van der Waals surface area contributed by atoms with Crippen LogP contribution in [0, 0.1) is 0 Å². The predicted molar refractivity (Wildman–Crippen MR) is 125 cm³/mol. The fourth-order valence-corrected chi connectivity index (χ4v) is 3.67. The third-order valence-electron chi connectivity index (χ3n) is 5.62. The third kappa shape index (κ3) is 6.71. The standard InChI is InChI=1S/C25H35N3O3/c1-4-5-16-31-23-12-8-21(9-13-23)25(29)26-19-24(28-14-17-30-18-15-28)20-6-10-22(11-7-20)27(2)3/h6-13,24H,4-5,14-19H2,1-3H3,(H,26,29)/t24-/m0/s1. The average molecular weight is 426 g/mol. The second-order valence-electron chi connectivity index (χ2n) is 8.09. The Morgan fingerprint density at radius 3 is 2.39 bits per heavy atom. The lowest BCUT2D eigenvalue weighted by molar-refractivity contribution is 0.0162. The summed E-state index contributed by atoms with van der Waals surface area (Å²) in [6, 6.07) is 16.1. The lowest BCUT2D eigenvalue weighted by Crippen LogP contribution is -2.43. The average Bonchev–Trinajstić information content (AvgIpc) is 2.81. The largest absolute Gasteiger partial charge is 0.494 e. The Hall–Kier alpha value is -2.57. The van der Waals surface area contributed by atoms with Crippen LogP contribution in [-0.4, -0.2) is 64.4 Å². The lowest BCUT2D eigenvalue weighted by Gasteiger charge is -2.35. The van der Waals surface area contributed by atoms with Crippen LogP contribution in [0.15, 0.2) is 48.5 Å². The van der Waals surface area contributed by atoms with Crippen molar-refractivity contribution >= 4 is 11.6 Å². The molecule has 1 saturated heterocycles. The highest BCUT2D eigenvalue weighted by Crippen LogP contribution is 2.24. The monoisotopic (exact) mass is 425 g/mol. The first kappa shape index (κ1) is 23.1. The highest BCUT2D eigenvalue weighted by molar-refractivity contribution is 5.94. The molecule has 0 bridgehead atoms. The zero-order valence-corrected chi connectivity index (χ0v) is 19.0. The number of unbranched alkanes of at least 4 members (excludes halogenated alkanes) is 1. The summed E-state index contributed by atoms with van der Waals surface area (Å²) in [6.07, 6.45) is 2.13. The van der Waals surface area contributed by atoms with Gasteiger partial charge in [0, 0.05) is 45.0 Å². The van der Waals surface area contributed by atoms with Gasteiger partial charge in [-0.1, -0.05) is 25.5 Å². The normalized spacial score (nSPS) is 15.3. The molecule has 1 fully saturated rings. The zero-order chi connectivity index (χ0) is 22.1. The number of nitrogens with zero attached hydrogens (tertiary/aromatic N) is 2. The molecule has 2 aromatic carbocycles. The van der Waals surface area contributed by atoms with Gasteiger partial charge in [0.1, 0.15) is 5.75 Å². The maximum absolute atomic E-state index is 12.8. The van der Waals surface area contributed by atoms with Crippen LogP contribution in [0.4, 0.5) is 5.69 Å². The Morgan fingerprint density at radius 1 is 1.10 bits per heavy atom. The maximum atomic E-state index is 12.8. The molecule has 0 spiro atoms. The number of morpholine rings is 1. The zero-order valence-electron chi connectivity index (χ0n) is 19.0. The van der Waals surface area contributed by atoms with Crippen molar-refractivity contribution in [3.05, 3.63) is 59.7 Å². The number of hydrogen-bond acceptors (Lipinski definition) is 5. The van der Waals surface area contributed by atoms with Gasteiger partial charge in [0.15, 0.2) is 0 Å². The number of carbonyl (C=O) groups is 1. The summed E-state index contributed by atoms with van der Waals surface area (Å²) in [7, 11) is 4.07. The van der Waals surface area contributed by atoms with Crippen molar-refractivity contribution in [3.63, 3.8) is 0 Å². The van der Waals surface area contributed by atoms with Crippen LogP contribution in [0.2, 0.25) is 0 Å². The van der Waals surface area contributed by atoms with E-state index < -0.39 is 0 Å². The molecular formula is C25H35N3O3. The quantitative estimate of drug-likeness (QED) is 0.588. The maximum Gasteiger partial charge on any atom is 0.251 e. The van der Waals surface area contributed by atoms with E-state index in [9.17, 15) is 4.79 Å². The fraction of sp³-hybridized carbons (Fsp3) is 0.480. The Bertz CT molecular complexity index is 800. The highest BCUT2D eigenvalue weighted by Gasteiger charge is 2.23. The molecule has 1 atom stereocenters. The molecule has 1 aliphatic rings. The SMILES string of the molecule is CCCCOc1ccc(C(=O)NC[C@@H](c2ccc(N(C)C)cc2)N2CCOCC2)cc1. The van der Waals surface area contributed by atoms with E-state index in [1.54, 1.807) is 0 Å². The molecule has 1 aliphatic heterocycles. The summed E-state index contributed by atoms with van der Waals surface area (Å²) >= 11 is 0. The van der Waals surface area contributed by atoms with Gasteiger partial charge < -0.3 is 19.7 Å². The van der Waals surface area contributed by atoms with Gasteiger partial charge in [0.2, 0.25) is 0 Å². The van der Waals surface area contributed by atoms with E-state index in [1.807, 2.05) is 38.4 Å². The fourth-order valence-electron chi connectivity index (χ4n) is 3.67. The minimum atomic E-state index is -0.0664. The van der Waals surface area contributed by atoms with Crippen LogP contribution in [0.3, 0.4) is 0 Å². The van der Waals surface area contributed by atoms with Crippen molar-refractivity contribution in [2.45, 2.75) is 25.8 Å². The van der Waals surface area contributed by atoms with Gasteiger partial charge in [-0.05, 0) is 48.4 Å². The number of carbonyl (C=O) groups excluding carboxylic acids is 1. The smallest absolute Gasteiger partial charge is 0.251 e. The van der Waals surface area contributed by atoms with Gasteiger partial charge >= 0.3 is 0 Å². The second-order valence-corrected chi connectivity index (χ2v) is 8.09. The third-order valence-corrected chi connectivity index (χ3v) is 5.62. The molecule has 0 aromatic heterocycles. The molecule has 31 heavy (non-hydrogen) atoms. The van der Waals surface area contributed by atoms with Crippen LogP contribution in [-0.2, 0) is 4.74 Å². The Balaban J connectivity index is 1.64. The molecule has 3 rings (SSSR count). The number of nitrogens with one attached hydrogen (secondary N) is 1. The van der Waals surface area contributed by atoms with Gasteiger partial charge in [-0.2, -0.15) is 0 Å². The number of benzene rings is 2. The summed E-state index contributed by atoms with van der Waals surface area (Å²) in [5.74, 6) is 0.737. The van der Waals surface area contributed by atoms with Gasteiger partial charge in [-0.3, -0.25) is 9.69 Å².